The first-order valence-electron chi connectivity index (χ1n) is 7.65. The first-order chi connectivity index (χ1) is 12.1. The number of carbonyl (C=O) groups is 1. The normalized spacial score (nSPS) is 10.1. The van der Waals surface area contributed by atoms with Gasteiger partial charge in [0.2, 0.25) is 0 Å². The molecule has 0 atom stereocenters. The van der Waals surface area contributed by atoms with Gasteiger partial charge in [-0.1, -0.05) is 18.2 Å². The molecule has 1 N–H and O–H groups in total. The minimum absolute atomic E-state index is 0.267. The van der Waals surface area contributed by atoms with Gasteiger partial charge in [0.25, 0.3) is 5.91 Å². The molecule has 0 aliphatic rings. The average Bonchev–Trinajstić information content (AvgIpc) is 2.63. The SMILES string of the molecule is N#Cc1ccc(C(=O)Nc2ccc(Cc3cccc(F)c3)cn2)cc1. The van der Waals surface area contributed by atoms with Crippen molar-refractivity contribution in [1.82, 2.24) is 4.98 Å². The lowest BCUT2D eigenvalue weighted by molar-refractivity contribution is 0.102. The zero-order valence-corrected chi connectivity index (χ0v) is 13.2. The van der Waals surface area contributed by atoms with Crippen LogP contribution in [0.3, 0.4) is 0 Å². The molecule has 0 radical (unpaired) electrons. The van der Waals surface area contributed by atoms with E-state index in [1.807, 2.05) is 18.2 Å². The second-order valence-electron chi connectivity index (χ2n) is 5.50. The number of nitrogens with zero attached hydrogens (tertiary/aromatic N) is 2. The number of rotatable bonds is 4. The van der Waals surface area contributed by atoms with Gasteiger partial charge in [0.1, 0.15) is 11.6 Å². The van der Waals surface area contributed by atoms with Gasteiger partial charge in [0, 0.05) is 11.8 Å². The molecule has 25 heavy (non-hydrogen) atoms. The van der Waals surface area contributed by atoms with E-state index in [-0.39, 0.29) is 11.7 Å². The Kier molecular flexibility index (Phi) is 4.82. The van der Waals surface area contributed by atoms with E-state index in [1.165, 1.54) is 12.1 Å². The highest BCUT2D eigenvalue weighted by atomic mass is 19.1. The summed E-state index contributed by atoms with van der Waals surface area (Å²) in [4.78, 5) is 16.4. The summed E-state index contributed by atoms with van der Waals surface area (Å²) in [6.07, 6.45) is 2.22. The Morgan fingerprint density at radius 2 is 1.88 bits per heavy atom. The van der Waals surface area contributed by atoms with E-state index >= 15 is 0 Å². The first kappa shape index (κ1) is 16.3. The number of nitriles is 1. The van der Waals surface area contributed by atoms with Crippen molar-refractivity contribution >= 4 is 11.7 Å². The molecule has 2 aromatic carbocycles. The van der Waals surface area contributed by atoms with E-state index in [0.717, 1.165) is 11.1 Å². The minimum Gasteiger partial charge on any atom is -0.307 e. The molecule has 0 aliphatic heterocycles. The highest BCUT2D eigenvalue weighted by Gasteiger charge is 2.07. The van der Waals surface area contributed by atoms with Crippen LogP contribution in [0.5, 0.6) is 0 Å². The summed E-state index contributed by atoms with van der Waals surface area (Å²) in [5, 5.41) is 11.5. The van der Waals surface area contributed by atoms with Crippen LogP contribution in [0.1, 0.15) is 27.0 Å². The summed E-state index contributed by atoms with van der Waals surface area (Å²) in [7, 11) is 0. The van der Waals surface area contributed by atoms with Gasteiger partial charge >= 0.3 is 0 Å². The average molecular weight is 331 g/mol. The Morgan fingerprint density at radius 1 is 1.08 bits per heavy atom. The van der Waals surface area contributed by atoms with Crippen molar-refractivity contribution in [1.29, 1.82) is 5.26 Å². The maximum atomic E-state index is 13.2. The zero-order chi connectivity index (χ0) is 17.6. The fraction of sp³-hybridized carbons (Fsp3) is 0.0500. The molecule has 4 nitrogen and oxygen atoms in total. The monoisotopic (exact) mass is 331 g/mol. The molecule has 0 saturated heterocycles. The molecule has 1 heterocycles. The highest BCUT2D eigenvalue weighted by molar-refractivity contribution is 6.03. The first-order valence-corrected chi connectivity index (χ1v) is 7.65. The maximum Gasteiger partial charge on any atom is 0.256 e. The van der Waals surface area contributed by atoms with Gasteiger partial charge in [-0.15, -0.1) is 0 Å². The lowest BCUT2D eigenvalue weighted by atomic mass is 10.1. The van der Waals surface area contributed by atoms with Crippen LogP contribution in [-0.2, 0) is 6.42 Å². The summed E-state index contributed by atoms with van der Waals surface area (Å²) < 4.78 is 13.2. The van der Waals surface area contributed by atoms with Crippen molar-refractivity contribution in [2.45, 2.75) is 6.42 Å². The van der Waals surface area contributed by atoms with Crippen LogP contribution >= 0.6 is 0 Å². The fourth-order valence-corrected chi connectivity index (χ4v) is 2.37. The molecule has 1 amide bonds. The topological polar surface area (TPSA) is 65.8 Å². The number of halogens is 1. The van der Waals surface area contributed by atoms with Gasteiger partial charge in [0.15, 0.2) is 0 Å². The van der Waals surface area contributed by atoms with Crippen LogP contribution in [0, 0.1) is 17.1 Å². The number of hydrogen-bond acceptors (Lipinski definition) is 3. The van der Waals surface area contributed by atoms with Crippen LogP contribution in [0.15, 0.2) is 66.9 Å². The predicted molar refractivity (Wildman–Crippen MR) is 92.6 cm³/mol. The van der Waals surface area contributed by atoms with Crippen LogP contribution in [0.4, 0.5) is 10.2 Å². The molecule has 3 aromatic rings. The van der Waals surface area contributed by atoms with Gasteiger partial charge in [-0.05, 0) is 60.0 Å². The van der Waals surface area contributed by atoms with Gasteiger partial charge in [-0.3, -0.25) is 4.79 Å². The number of amides is 1. The third-order valence-electron chi connectivity index (χ3n) is 3.64. The molecular weight excluding hydrogens is 317 g/mol. The number of aromatic nitrogens is 1. The van der Waals surface area contributed by atoms with E-state index in [0.29, 0.717) is 23.4 Å². The van der Waals surface area contributed by atoms with Crippen LogP contribution in [0.25, 0.3) is 0 Å². The third-order valence-corrected chi connectivity index (χ3v) is 3.64. The molecule has 0 bridgehead atoms. The fourth-order valence-electron chi connectivity index (χ4n) is 2.37. The summed E-state index contributed by atoms with van der Waals surface area (Å²) in [5.41, 5.74) is 2.72. The molecule has 1 aromatic heterocycles. The number of pyridine rings is 1. The zero-order valence-electron chi connectivity index (χ0n) is 13.2. The quantitative estimate of drug-likeness (QED) is 0.787. The predicted octanol–water partition coefficient (Wildman–Crippen LogP) is 3.94. The van der Waals surface area contributed by atoms with Gasteiger partial charge in [-0.2, -0.15) is 5.26 Å². The number of benzene rings is 2. The van der Waals surface area contributed by atoms with E-state index in [9.17, 15) is 9.18 Å². The van der Waals surface area contributed by atoms with E-state index < -0.39 is 0 Å². The van der Waals surface area contributed by atoms with Crippen LogP contribution < -0.4 is 5.32 Å². The highest BCUT2D eigenvalue weighted by Crippen LogP contribution is 2.13. The number of nitrogens with one attached hydrogen (secondary N) is 1. The minimum atomic E-state index is -0.296. The Hall–Kier alpha value is -3.52. The lowest BCUT2D eigenvalue weighted by Crippen LogP contribution is -2.12. The smallest absolute Gasteiger partial charge is 0.256 e. The second kappa shape index (κ2) is 7.37. The summed E-state index contributed by atoms with van der Waals surface area (Å²) in [5.74, 6) is -0.135. The molecule has 0 fully saturated rings. The summed E-state index contributed by atoms with van der Waals surface area (Å²) in [6, 6.07) is 18.3. The largest absolute Gasteiger partial charge is 0.307 e. The molecular formula is C20H14FN3O. The van der Waals surface area contributed by atoms with Gasteiger partial charge < -0.3 is 5.32 Å². The summed E-state index contributed by atoms with van der Waals surface area (Å²) >= 11 is 0. The van der Waals surface area contributed by atoms with Crippen molar-refractivity contribution in [2.75, 3.05) is 5.32 Å². The molecule has 3 rings (SSSR count). The standard InChI is InChI=1S/C20H14FN3O/c21-18-3-1-2-15(11-18)10-16-6-9-19(23-13-16)24-20(25)17-7-4-14(12-22)5-8-17/h1-9,11,13H,10H2,(H,23,24,25). The van der Waals surface area contributed by atoms with Crippen LogP contribution in [-0.4, -0.2) is 10.9 Å². The van der Waals surface area contributed by atoms with Gasteiger partial charge in [-0.25, -0.2) is 9.37 Å². The van der Waals surface area contributed by atoms with E-state index in [4.69, 9.17) is 5.26 Å². The third kappa shape index (κ3) is 4.27. The van der Waals surface area contributed by atoms with Crippen molar-refractivity contribution < 1.29 is 9.18 Å². The molecule has 0 spiro atoms. The van der Waals surface area contributed by atoms with Crippen molar-refractivity contribution in [3.8, 4) is 6.07 Å². The van der Waals surface area contributed by atoms with Gasteiger partial charge in [0.05, 0.1) is 11.6 Å². The molecule has 0 unspecified atom stereocenters. The van der Waals surface area contributed by atoms with Crippen molar-refractivity contribution in [3.05, 3.63) is 94.9 Å². The number of anilines is 1. The van der Waals surface area contributed by atoms with E-state index in [1.54, 1.807) is 42.6 Å². The van der Waals surface area contributed by atoms with Crippen molar-refractivity contribution in [3.63, 3.8) is 0 Å². The Morgan fingerprint density at radius 3 is 2.52 bits per heavy atom. The molecule has 122 valence electrons. The summed E-state index contributed by atoms with van der Waals surface area (Å²) in [6.45, 7) is 0. The molecule has 0 saturated carbocycles. The van der Waals surface area contributed by atoms with E-state index in [2.05, 4.69) is 10.3 Å². The Balaban J connectivity index is 1.65. The number of hydrogen-bond donors (Lipinski definition) is 1. The maximum absolute atomic E-state index is 13.2. The Bertz CT molecular complexity index is 928. The van der Waals surface area contributed by atoms with Crippen molar-refractivity contribution in [2.24, 2.45) is 0 Å². The molecule has 0 aliphatic carbocycles. The molecule has 5 heteroatoms. The Labute approximate surface area is 144 Å². The number of carbonyl (C=O) groups excluding carboxylic acids is 1. The second-order valence-corrected chi connectivity index (χ2v) is 5.50. The van der Waals surface area contributed by atoms with Crippen LogP contribution in [0.2, 0.25) is 0 Å². The lowest BCUT2D eigenvalue weighted by Gasteiger charge is -2.06.